The molecule has 2 aliphatic rings. The second-order valence-electron chi connectivity index (χ2n) is 6.36. The van der Waals surface area contributed by atoms with Gasteiger partial charge < -0.3 is 9.64 Å². The zero-order valence-corrected chi connectivity index (χ0v) is 14.3. The number of hydrogen-bond acceptors (Lipinski definition) is 3. The largest absolute Gasteiger partial charge is 0.492 e. The average Bonchev–Trinajstić information content (AvgIpc) is 3.01. The molecule has 124 valence electrons. The van der Waals surface area contributed by atoms with Crippen molar-refractivity contribution in [1.29, 1.82) is 0 Å². The third-order valence-corrected chi connectivity index (χ3v) is 4.91. The van der Waals surface area contributed by atoms with Gasteiger partial charge >= 0.3 is 0 Å². The first-order valence-corrected chi connectivity index (χ1v) is 8.83. The fourth-order valence-corrected chi connectivity index (χ4v) is 3.61. The molecular weight excluding hydrogens is 324 g/mol. The molecule has 1 saturated heterocycles. The van der Waals surface area contributed by atoms with Crippen LogP contribution < -0.4 is 4.74 Å². The zero-order valence-electron chi connectivity index (χ0n) is 13.6. The van der Waals surface area contributed by atoms with Crippen molar-refractivity contribution in [3.8, 4) is 5.75 Å². The summed E-state index contributed by atoms with van der Waals surface area (Å²) in [5.74, 6) is 1.37. The van der Waals surface area contributed by atoms with E-state index in [1.165, 1.54) is 0 Å². The summed E-state index contributed by atoms with van der Waals surface area (Å²) >= 11 is 5.71. The van der Waals surface area contributed by atoms with Gasteiger partial charge in [0.25, 0.3) is 5.91 Å². The molecule has 2 heterocycles. The molecule has 0 radical (unpaired) electrons. The third-order valence-electron chi connectivity index (χ3n) is 4.76. The fourth-order valence-electron chi connectivity index (χ4n) is 3.53. The van der Waals surface area contributed by atoms with Crippen molar-refractivity contribution in [2.24, 2.45) is 4.99 Å². The number of nitrogens with zero attached hydrogens (tertiary/aromatic N) is 2. The van der Waals surface area contributed by atoms with E-state index in [1.807, 2.05) is 36.2 Å². The molecule has 0 saturated carbocycles. The lowest BCUT2D eigenvalue weighted by atomic mass is 10.0. The summed E-state index contributed by atoms with van der Waals surface area (Å²) in [6, 6.07) is 8.14. The number of hydrogen-bond donors (Lipinski definition) is 0. The first kappa shape index (κ1) is 15.5. The number of aliphatic imine (C=N–C) groups is 1. The monoisotopic (exact) mass is 342 g/mol. The summed E-state index contributed by atoms with van der Waals surface area (Å²) in [6.07, 6.45) is 3.96. The molecule has 24 heavy (non-hydrogen) atoms. The van der Waals surface area contributed by atoms with Crippen LogP contribution in [0.1, 0.15) is 28.8 Å². The van der Waals surface area contributed by atoms with Crippen LogP contribution in [0.15, 0.2) is 29.3 Å². The molecule has 0 bridgehead atoms. The molecule has 2 aromatic rings. The van der Waals surface area contributed by atoms with Gasteiger partial charge in [-0.3, -0.25) is 9.79 Å². The van der Waals surface area contributed by atoms with E-state index in [1.54, 1.807) is 0 Å². The highest BCUT2D eigenvalue weighted by atomic mass is 35.5. The molecular formula is C19H19ClN2O2. The lowest BCUT2D eigenvalue weighted by Crippen LogP contribution is -2.35. The van der Waals surface area contributed by atoms with E-state index >= 15 is 0 Å². The van der Waals surface area contributed by atoms with Crippen molar-refractivity contribution in [1.82, 2.24) is 4.90 Å². The van der Waals surface area contributed by atoms with Crippen molar-refractivity contribution < 1.29 is 9.53 Å². The van der Waals surface area contributed by atoms with Crippen LogP contribution in [0.4, 0.5) is 5.69 Å². The molecule has 4 rings (SSSR count). The molecule has 0 spiro atoms. The van der Waals surface area contributed by atoms with Gasteiger partial charge in [-0.25, -0.2) is 0 Å². The maximum atomic E-state index is 12.9. The predicted octanol–water partition coefficient (Wildman–Crippen LogP) is 4.09. The molecule has 2 aliphatic heterocycles. The minimum absolute atomic E-state index is 0.0898. The highest BCUT2D eigenvalue weighted by Gasteiger charge is 2.31. The van der Waals surface area contributed by atoms with Crippen LogP contribution in [0, 0.1) is 6.92 Å². The predicted molar refractivity (Wildman–Crippen MR) is 97.1 cm³/mol. The highest BCUT2D eigenvalue weighted by molar-refractivity contribution is 6.18. The van der Waals surface area contributed by atoms with Crippen LogP contribution in [0.5, 0.6) is 5.75 Å². The summed E-state index contributed by atoms with van der Waals surface area (Å²) < 4.78 is 5.70. The Hall–Kier alpha value is -2.07. The molecule has 0 unspecified atom stereocenters. The van der Waals surface area contributed by atoms with Crippen LogP contribution in [0.2, 0.25) is 0 Å². The first-order chi connectivity index (χ1) is 11.7. The maximum Gasteiger partial charge on any atom is 0.256 e. The van der Waals surface area contributed by atoms with Crippen LogP contribution in [0.25, 0.3) is 10.8 Å². The summed E-state index contributed by atoms with van der Waals surface area (Å²) in [6.45, 7) is 3.30. The van der Waals surface area contributed by atoms with E-state index in [2.05, 4.69) is 11.1 Å². The molecule has 2 aromatic carbocycles. The van der Waals surface area contributed by atoms with Crippen LogP contribution >= 0.6 is 11.6 Å². The number of aryl methyl sites for hydroxylation is 1. The zero-order chi connectivity index (χ0) is 16.7. The Morgan fingerprint density at radius 3 is 2.96 bits per heavy atom. The Balaban J connectivity index is 1.82. The van der Waals surface area contributed by atoms with Gasteiger partial charge in [-0.1, -0.05) is 0 Å². The Bertz CT molecular complexity index is 847. The Labute approximate surface area is 146 Å². The summed E-state index contributed by atoms with van der Waals surface area (Å²) in [5, 5.41) is 2.06. The topological polar surface area (TPSA) is 41.9 Å². The minimum Gasteiger partial charge on any atom is -0.492 e. The van der Waals surface area contributed by atoms with Crippen molar-refractivity contribution in [3.63, 3.8) is 0 Å². The summed E-state index contributed by atoms with van der Waals surface area (Å²) in [5.41, 5.74) is 2.47. The lowest BCUT2D eigenvalue weighted by molar-refractivity contribution is 0.0775. The van der Waals surface area contributed by atoms with Crippen molar-refractivity contribution in [2.45, 2.75) is 25.8 Å². The summed E-state index contributed by atoms with van der Waals surface area (Å²) in [7, 11) is 0. The van der Waals surface area contributed by atoms with E-state index in [9.17, 15) is 4.79 Å². The minimum atomic E-state index is 0.0898. The number of alkyl halides is 1. The molecule has 0 aliphatic carbocycles. The molecule has 1 atom stereocenters. The quantitative estimate of drug-likeness (QED) is 0.788. The van der Waals surface area contributed by atoms with Crippen molar-refractivity contribution in [3.05, 3.63) is 35.4 Å². The third kappa shape index (κ3) is 2.55. The Morgan fingerprint density at radius 1 is 1.29 bits per heavy atom. The second kappa shape index (κ2) is 6.10. The number of halogens is 1. The van der Waals surface area contributed by atoms with Crippen molar-refractivity contribution >= 4 is 40.2 Å². The normalized spacial score (nSPS) is 19.3. The van der Waals surface area contributed by atoms with Gasteiger partial charge in [0, 0.05) is 12.8 Å². The number of ether oxygens (including phenoxy) is 1. The van der Waals surface area contributed by atoms with E-state index < -0.39 is 0 Å². The average molecular weight is 343 g/mol. The highest BCUT2D eigenvalue weighted by Crippen LogP contribution is 2.34. The number of benzene rings is 2. The first-order valence-electron chi connectivity index (χ1n) is 8.30. The van der Waals surface area contributed by atoms with E-state index in [4.69, 9.17) is 16.3 Å². The number of amides is 1. The number of fused-ring (bicyclic) bond motifs is 3. The van der Waals surface area contributed by atoms with E-state index in [0.717, 1.165) is 47.2 Å². The molecule has 0 aromatic heterocycles. The summed E-state index contributed by atoms with van der Waals surface area (Å²) in [4.78, 5) is 19.4. The van der Waals surface area contributed by atoms with Gasteiger partial charge in [-0.05, 0) is 60.4 Å². The van der Waals surface area contributed by atoms with Crippen LogP contribution in [0.3, 0.4) is 0 Å². The molecule has 4 nitrogen and oxygen atoms in total. The van der Waals surface area contributed by atoms with Crippen LogP contribution in [-0.4, -0.2) is 42.1 Å². The maximum absolute atomic E-state index is 12.9. The molecule has 1 fully saturated rings. The molecule has 0 N–H and O–H groups in total. The van der Waals surface area contributed by atoms with Gasteiger partial charge in [0.1, 0.15) is 12.4 Å². The number of carbonyl (C=O) groups is 1. The van der Waals surface area contributed by atoms with Gasteiger partial charge in [-0.15, -0.1) is 11.6 Å². The Morgan fingerprint density at radius 2 is 2.12 bits per heavy atom. The van der Waals surface area contributed by atoms with E-state index in [0.29, 0.717) is 18.1 Å². The van der Waals surface area contributed by atoms with Crippen LogP contribution in [-0.2, 0) is 0 Å². The van der Waals surface area contributed by atoms with Gasteiger partial charge in [-0.2, -0.15) is 0 Å². The number of carbonyl (C=O) groups excluding carboxylic acids is 1. The fraction of sp³-hybridized carbons (Fsp3) is 0.368. The standard InChI is InChI=1S/C19H19ClN2O2/c1-12-7-13-8-16-17(9-14(13)10-18(12)24-6-4-20)21-11-15-3-2-5-22(15)19(16)23/h7-11,15H,2-6H2,1H3/t15-/m0/s1. The Kier molecular flexibility index (Phi) is 3.93. The number of rotatable bonds is 3. The smallest absolute Gasteiger partial charge is 0.256 e. The molecule has 5 heteroatoms. The SMILES string of the molecule is Cc1cc2cc3c(cc2cc1OCCCl)N=C[C@@H]1CCCN1C3=O. The lowest BCUT2D eigenvalue weighted by Gasteiger charge is -2.20. The molecule has 1 amide bonds. The second-order valence-corrected chi connectivity index (χ2v) is 6.74. The van der Waals surface area contributed by atoms with Gasteiger partial charge in [0.15, 0.2) is 0 Å². The van der Waals surface area contributed by atoms with Gasteiger partial charge in [0.05, 0.1) is 23.2 Å². The van der Waals surface area contributed by atoms with Gasteiger partial charge in [0.2, 0.25) is 0 Å². The van der Waals surface area contributed by atoms with Crippen molar-refractivity contribution in [2.75, 3.05) is 19.0 Å². The van der Waals surface area contributed by atoms with E-state index in [-0.39, 0.29) is 11.9 Å².